The van der Waals surface area contributed by atoms with Crippen LogP contribution < -0.4 is 0 Å². The molecule has 0 saturated carbocycles. The lowest BCUT2D eigenvalue weighted by atomic mass is 9.99. The molecule has 4 aromatic rings. The highest BCUT2D eigenvalue weighted by Crippen LogP contribution is 2.36. The molecule has 0 radical (unpaired) electrons. The number of benzene rings is 3. The first-order valence-corrected chi connectivity index (χ1v) is 9.62. The number of hydrogen-bond donors (Lipinski definition) is 4. The van der Waals surface area contributed by atoms with Crippen LogP contribution in [0.5, 0.6) is 23.0 Å². The van der Waals surface area contributed by atoms with Crippen LogP contribution in [-0.2, 0) is 0 Å². The van der Waals surface area contributed by atoms with Gasteiger partial charge in [-0.3, -0.25) is 0 Å². The molecule has 0 amide bonds. The molecule has 156 valence electrons. The van der Waals surface area contributed by atoms with E-state index in [1.807, 2.05) is 32.9 Å². The number of rotatable bonds is 3. The van der Waals surface area contributed by atoms with Crippen molar-refractivity contribution in [1.29, 1.82) is 0 Å². The third-order valence-corrected chi connectivity index (χ3v) is 4.98. The molecule has 1 heterocycles. The van der Waals surface area contributed by atoms with Crippen LogP contribution in [0, 0.1) is 20.8 Å². The zero-order valence-electron chi connectivity index (χ0n) is 17.2. The smallest absolute Gasteiger partial charge is 0.167 e. The highest BCUT2D eigenvalue weighted by Gasteiger charge is 2.19. The molecule has 0 bridgehead atoms. The minimum atomic E-state index is -0.185. The average molecular weight is 415 g/mol. The third kappa shape index (κ3) is 3.85. The number of aromatic hydroxyl groups is 4. The predicted molar refractivity (Wildman–Crippen MR) is 117 cm³/mol. The summed E-state index contributed by atoms with van der Waals surface area (Å²) in [6.45, 7) is 5.94. The van der Waals surface area contributed by atoms with Crippen molar-refractivity contribution in [3.63, 3.8) is 0 Å². The molecule has 0 atom stereocenters. The number of phenolic OH excluding ortho intramolecular Hbond substituents is 4. The molecule has 0 aliphatic rings. The van der Waals surface area contributed by atoms with E-state index >= 15 is 0 Å². The van der Waals surface area contributed by atoms with Crippen LogP contribution >= 0.6 is 0 Å². The van der Waals surface area contributed by atoms with E-state index in [4.69, 9.17) is 0 Å². The van der Waals surface area contributed by atoms with Crippen molar-refractivity contribution in [2.24, 2.45) is 0 Å². The molecule has 3 aromatic carbocycles. The molecule has 0 unspecified atom stereocenters. The second-order valence-electron chi connectivity index (χ2n) is 7.48. The maximum Gasteiger partial charge on any atom is 0.167 e. The van der Waals surface area contributed by atoms with Gasteiger partial charge in [0, 0.05) is 17.7 Å². The van der Waals surface area contributed by atoms with Crippen molar-refractivity contribution in [3.05, 3.63) is 65.2 Å². The Bertz CT molecular complexity index is 1230. The Morgan fingerprint density at radius 2 is 0.968 bits per heavy atom. The lowest BCUT2D eigenvalue weighted by Crippen LogP contribution is -2.02. The van der Waals surface area contributed by atoms with E-state index in [0.29, 0.717) is 17.0 Å². The lowest BCUT2D eigenvalue weighted by Gasteiger charge is -2.14. The Balaban J connectivity index is 2.02. The number of phenols is 4. The van der Waals surface area contributed by atoms with Gasteiger partial charge in [0.25, 0.3) is 0 Å². The molecule has 1 aromatic heterocycles. The summed E-state index contributed by atoms with van der Waals surface area (Å²) in [7, 11) is 0. The molecule has 0 aliphatic carbocycles. The normalized spacial score (nSPS) is 10.9. The van der Waals surface area contributed by atoms with Gasteiger partial charge >= 0.3 is 0 Å². The molecule has 7 nitrogen and oxygen atoms in total. The molecule has 0 saturated heterocycles. The van der Waals surface area contributed by atoms with E-state index in [-0.39, 0.29) is 34.6 Å². The largest absolute Gasteiger partial charge is 0.508 e. The average Bonchev–Trinajstić information content (AvgIpc) is 2.67. The molecule has 0 spiro atoms. The van der Waals surface area contributed by atoms with Crippen LogP contribution in [0.1, 0.15) is 16.7 Å². The van der Waals surface area contributed by atoms with Gasteiger partial charge in [-0.2, -0.15) is 0 Å². The predicted octanol–water partition coefficient (Wildman–Crippen LogP) is 4.62. The van der Waals surface area contributed by atoms with E-state index in [0.717, 1.165) is 22.3 Å². The van der Waals surface area contributed by atoms with Gasteiger partial charge in [-0.25, -0.2) is 15.0 Å². The van der Waals surface area contributed by atoms with Gasteiger partial charge in [0.2, 0.25) is 0 Å². The molecule has 31 heavy (non-hydrogen) atoms. The number of aryl methyl sites for hydroxylation is 3. The SMILES string of the molecule is Cc1cc(C)c(-c2nc(-c3ccc(O)cc3O)nc(-c3ccc(O)cc3O)n2)c(C)c1. The fraction of sp³-hybridized carbons (Fsp3) is 0.125. The molecule has 4 N–H and O–H groups in total. The van der Waals surface area contributed by atoms with Crippen LogP contribution in [-0.4, -0.2) is 35.4 Å². The quantitative estimate of drug-likeness (QED) is 0.385. The lowest BCUT2D eigenvalue weighted by molar-refractivity contribution is 0.451. The van der Waals surface area contributed by atoms with Gasteiger partial charge in [0.1, 0.15) is 23.0 Å². The number of aromatic nitrogens is 3. The van der Waals surface area contributed by atoms with Crippen LogP contribution in [0.25, 0.3) is 34.2 Å². The highest BCUT2D eigenvalue weighted by atomic mass is 16.3. The first-order valence-electron chi connectivity index (χ1n) is 9.62. The Morgan fingerprint density at radius 3 is 1.39 bits per heavy atom. The number of hydrogen-bond acceptors (Lipinski definition) is 7. The minimum absolute atomic E-state index is 0.0860. The summed E-state index contributed by atoms with van der Waals surface area (Å²) in [6, 6.07) is 12.4. The maximum atomic E-state index is 10.4. The van der Waals surface area contributed by atoms with Crippen LogP contribution in [0.15, 0.2) is 48.5 Å². The van der Waals surface area contributed by atoms with Gasteiger partial charge in [0.15, 0.2) is 17.5 Å². The van der Waals surface area contributed by atoms with Crippen molar-refractivity contribution in [1.82, 2.24) is 15.0 Å². The maximum absolute atomic E-state index is 10.4. The van der Waals surface area contributed by atoms with Crippen molar-refractivity contribution < 1.29 is 20.4 Å². The van der Waals surface area contributed by atoms with Gasteiger partial charge in [-0.05, 0) is 56.2 Å². The molecular weight excluding hydrogens is 394 g/mol. The minimum Gasteiger partial charge on any atom is -0.508 e. The van der Waals surface area contributed by atoms with E-state index in [9.17, 15) is 20.4 Å². The fourth-order valence-electron chi connectivity index (χ4n) is 3.68. The summed E-state index contributed by atoms with van der Waals surface area (Å²) in [5.41, 5.74) is 4.51. The monoisotopic (exact) mass is 415 g/mol. The molecule has 7 heteroatoms. The van der Waals surface area contributed by atoms with Crippen molar-refractivity contribution >= 4 is 0 Å². The van der Waals surface area contributed by atoms with Crippen molar-refractivity contribution in [2.75, 3.05) is 0 Å². The molecule has 0 aliphatic heterocycles. The van der Waals surface area contributed by atoms with Crippen molar-refractivity contribution in [3.8, 4) is 57.2 Å². The summed E-state index contributed by atoms with van der Waals surface area (Å²) < 4.78 is 0. The Labute approximate surface area is 179 Å². The fourth-order valence-corrected chi connectivity index (χ4v) is 3.68. The summed E-state index contributed by atoms with van der Waals surface area (Å²) >= 11 is 0. The summed E-state index contributed by atoms with van der Waals surface area (Å²) in [4.78, 5) is 13.6. The van der Waals surface area contributed by atoms with E-state index < -0.39 is 0 Å². The Kier molecular flexibility index (Phi) is 4.94. The summed E-state index contributed by atoms with van der Waals surface area (Å²) in [5, 5.41) is 40.0. The standard InChI is InChI=1S/C24H21N3O4/c1-12-8-13(2)21(14(3)9-12)24-26-22(17-6-4-15(28)10-19(17)30)25-23(27-24)18-7-5-16(29)11-20(18)31/h4-11,28-31H,1-3H3. The molecule has 0 fully saturated rings. The topological polar surface area (TPSA) is 120 Å². The Morgan fingerprint density at radius 1 is 0.548 bits per heavy atom. The van der Waals surface area contributed by atoms with Gasteiger partial charge in [-0.15, -0.1) is 0 Å². The highest BCUT2D eigenvalue weighted by molar-refractivity contribution is 5.74. The Hall–Kier alpha value is -4.13. The van der Waals surface area contributed by atoms with Crippen LogP contribution in [0.2, 0.25) is 0 Å². The van der Waals surface area contributed by atoms with E-state index in [1.165, 1.54) is 36.4 Å². The van der Waals surface area contributed by atoms with Crippen LogP contribution in [0.3, 0.4) is 0 Å². The number of nitrogens with zero attached hydrogens (tertiary/aromatic N) is 3. The first kappa shape index (κ1) is 20.2. The van der Waals surface area contributed by atoms with Gasteiger partial charge in [0.05, 0.1) is 11.1 Å². The zero-order chi connectivity index (χ0) is 22.3. The van der Waals surface area contributed by atoms with E-state index in [1.54, 1.807) is 0 Å². The second-order valence-corrected chi connectivity index (χ2v) is 7.48. The second kappa shape index (κ2) is 7.60. The zero-order valence-corrected chi connectivity index (χ0v) is 17.2. The third-order valence-electron chi connectivity index (χ3n) is 4.98. The molecule has 4 rings (SSSR count). The summed E-state index contributed by atoms with van der Waals surface area (Å²) in [5.74, 6) is 0.212. The van der Waals surface area contributed by atoms with Gasteiger partial charge in [-0.1, -0.05) is 17.7 Å². The van der Waals surface area contributed by atoms with Crippen LogP contribution in [0.4, 0.5) is 0 Å². The van der Waals surface area contributed by atoms with Crippen molar-refractivity contribution in [2.45, 2.75) is 20.8 Å². The summed E-state index contributed by atoms with van der Waals surface area (Å²) in [6.07, 6.45) is 0. The molecular formula is C24H21N3O4. The van der Waals surface area contributed by atoms with Gasteiger partial charge < -0.3 is 20.4 Å². The first-order chi connectivity index (χ1) is 14.7. The van der Waals surface area contributed by atoms with E-state index in [2.05, 4.69) is 15.0 Å².